The smallest absolute Gasteiger partial charge is 0.119 e. The number of nitrogens with zero attached hydrogens (tertiary/aromatic N) is 2. The van der Waals surface area contributed by atoms with Crippen LogP contribution in [0.1, 0.15) is 38.2 Å². The zero-order valence-corrected chi connectivity index (χ0v) is 11.7. The second-order valence-electron chi connectivity index (χ2n) is 4.57. The first-order chi connectivity index (χ1) is 8.72. The summed E-state index contributed by atoms with van der Waals surface area (Å²) in [6.45, 7) is 3.02. The molecule has 0 heterocycles. The van der Waals surface area contributed by atoms with Crippen LogP contribution in [0, 0.1) is 0 Å². The molecule has 0 aliphatic heterocycles. The summed E-state index contributed by atoms with van der Waals surface area (Å²) >= 11 is 0. The Morgan fingerprint density at radius 2 is 2.06 bits per heavy atom. The van der Waals surface area contributed by atoms with Gasteiger partial charge in [0.1, 0.15) is 5.75 Å². The monoisotopic (exact) mass is 248 g/mol. The molecule has 0 amide bonds. The van der Waals surface area contributed by atoms with Gasteiger partial charge in [-0.1, -0.05) is 38.3 Å². The summed E-state index contributed by atoms with van der Waals surface area (Å²) in [6, 6.07) is 8.04. The molecule has 0 bridgehead atoms. The highest BCUT2D eigenvalue weighted by Gasteiger charge is 1.95. The Morgan fingerprint density at radius 1 is 1.22 bits per heavy atom. The third-order valence-electron chi connectivity index (χ3n) is 2.56. The van der Waals surface area contributed by atoms with Crippen LogP contribution in [-0.2, 0) is 0 Å². The van der Waals surface area contributed by atoms with Crippen molar-refractivity contribution >= 4 is 6.21 Å². The van der Waals surface area contributed by atoms with E-state index >= 15 is 0 Å². The van der Waals surface area contributed by atoms with E-state index in [-0.39, 0.29) is 0 Å². The molecule has 0 atom stereocenters. The van der Waals surface area contributed by atoms with Gasteiger partial charge >= 0.3 is 0 Å². The molecule has 0 aromatic heterocycles. The summed E-state index contributed by atoms with van der Waals surface area (Å²) in [6.07, 6.45) is 6.77. The van der Waals surface area contributed by atoms with E-state index in [1.54, 1.807) is 5.01 Å². The highest BCUT2D eigenvalue weighted by molar-refractivity contribution is 5.79. The maximum Gasteiger partial charge on any atom is 0.119 e. The van der Waals surface area contributed by atoms with Gasteiger partial charge in [-0.15, -0.1) is 0 Å². The molecule has 0 aliphatic rings. The van der Waals surface area contributed by atoms with Crippen LogP contribution in [0.5, 0.6) is 5.75 Å². The Bertz CT molecular complexity index is 361. The van der Waals surface area contributed by atoms with Crippen LogP contribution >= 0.6 is 0 Å². The van der Waals surface area contributed by atoms with Crippen molar-refractivity contribution in [3.63, 3.8) is 0 Å². The largest absolute Gasteiger partial charge is 0.494 e. The van der Waals surface area contributed by atoms with E-state index in [1.165, 1.54) is 19.3 Å². The molecular weight excluding hydrogens is 224 g/mol. The number of rotatable bonds is 8. The summed E-state index contributed by atoms with van der Waals surface area (Å²) < 4.78 is 5.72. The van der Waals surface area contributed by atoms with Gasteiger partial charge in [-0.25, -0.2) is 0 Å². The predicted octanol–water partition coefficient (Wildman–Crippen LogP) is 3.54. The van der Waals surface area contributed by atoms with Gasteiger partial charge in [-0.05, 0) is 24.1 Å². The summed E-state index contributed by atoms with van der Waals surface area (Å²) in [7, 11) is 3.81. The number of hydrogen-bond donors (Lipinski definition) is 0. The van der Waals surface area contributed by atoms with Gasteiger partial charge in [0.2, 0.25) is 0 Å². The molecule has 18 heavy (non-hydrogen) atoms. The minimum absolute atomic E-state index is 0.800. The molecule has 3 nitrogen and oxygen atoms in total. The summed E-state index contributed by atoms with van der Waals surface area (Å²) in [5.74, 6) is 0.925. The average Bonchev–Trinajstić information content (AvgIpc) is 2.37. The summed E-state index contributed by atoms with van der Waals surface area (Å²) in [5, 5.41) is 5.99. The molecule has 0 saturated heterocycles. The van der Waals surface area contributed by atoms with Gasteiger partial charge in [0, 0.05) is 14.1 Å². The average molecular weight is 248 g/mol. The summed E-state index contributed by atoms with van der Waals surface area (Å²) in [4.78, 5) is 0. The van der Waals surface area contributed by atoms with Crippen molar-refractivity contribution in [2.24, 2.45) is 5.10 Å². The molecule has 1 aromatic rings. The van der Waals surface area contributed by atoms with Gasteiger partial charge in [-0.3, -0.25) is 0 Å². The second-order valence-corrected chi connectivity index (χ2v) is 4.57. The Kier molecular flexibility index (Phi) is 6.92. The topological polar surface area (TPSA) is 24.8 Å². The molecule has 0 N–H and O–H groups in total. The van der Waals surface area contributed by atoms with Gasteiger partial charge in [-0.2, -0.15) is 5.10 Å². The van der Waals surface area contributed by atoms with E-state index in [4.69, 9.17) is 4.74 Å². The third kappa shape index (κ3) is 6.28. The van der Waals surface area contributed by atoms with Crippen LogP contribution < -0.4 is 4.74 Å². The first-order valence-electron chi connectivity index (χ1n) is 6.66. The Morgan fingerprint density at radius 3 is 2.78 bits per heavy atom. The van der Waals surface area contributed by atoms with E-state index in [1.807, 2.05) is 44.6 Å². The second kappa shape index (κ2) is 8.56. The van der Waals surface area contributed by atoms with Crippen molar-refractivity contribution in [2.45, 2.75) is 32.6 Å². The Hall–Kier alpha value is -1.51. The fourth-order valence-electron chi connectivity index (χ4n) is 1.59. The molecule has 0 fully saturated rings. The van der Waals surface area contributed by atoms with Crippen LogP contribution in [0.4, 0.5) is 0 Å². The third-order valence-corrected chi connectivity index (χ3v) is 2.56. The van der Waals surface area contributed by atoms with E-state index in [2.05, 4.69) is 12.0 Å². The molecule has 0 aliphatic carbocycles. The molecular formula is C15H24N2O. The number of hydrogen-bond acceptors (Lipinski definition) is 3. The summed E-state index contributed by atoms with van der Waals surface area (Å²) in [5.41, 5.74) is 1.06. The van der Waals surface area contributed by atoms with E-state index in [9.17, 15) is 0 Å². The van der Waals surface area contributed by atoms with Crippen molar-refractivity contribution in [2.75, 3.05) is 20.7 Å². The number of hydrazone groups is 1. The van der Waals surface area contributed by atoms with Crippen LogP contribution in [0.25, 0.3) is 0 Å². The van der Waals surface area contributed by atoms with E-state index in [0.29, 0.717) is 0 Å². The quantitative estimate of drug-likeness (QED) is 0.399. The first kappa shape index (κ1) is 14.6. The van der Waals surface area contributed by atoms with Crippen molar-refractivity contribution < 1.29 is 4.74 Å². The minimum atomic E-state index is 0.800. The maximum atomic E-state index is 5.72. The lowest BCUT2D eigenvalue weighted by Gasteiger charge is -2.07. The standard InChI is InChI=1S/C15H24N2O/c1-4-5-6-7-11-18-15-10-8-9-14(12-15)13-16-17(2)3/h8-10,12-13H,4-7,11H2,1-3H3/b16-13+. The maximum absolute atomic E-state index is 5.72. The molecule has 0 radical (unpaired) electrons. The molecule has 0 unspecified atom stereocenters. The van der Waals surface area contributed by atoms with Gasteiger partial charge in [0.05, 0.1) is 12.8 Å². The van der Waals surface area contributed by atoms with Crippen molar-refractivity contribution in [3.8, 4) is 5.75 Å². The van der Waals surface area contributed by atoms with Crippen LogP contribution in [0.3, 0.4) is 0 Å². The SMILES string of the molecule is CCCCCCOc1cccc(/C=N/N(C)C)c1. The zero-order valence-electron chi connectivity index (χ0n) is 11.7. The predicted molar refractivity (Wildman–Crippen MR) is 77.4 cm³/mol. The first-order valence-corrected chi connectivity index (χ1v) is 6.66. The number of unbranched alkanes of at least 4 members (excludes halogenated alkanes) is 3. The van der Waals surface area contributed by atoms with E-state index in [0.717, 1.165) is 24.3 Å². The molecule has 3 heteroatoms. The fourth-order valence-corrected chi connectivity index (χ4v) is 1.59. The molecule has 1 rings (SSSR count). The van der Waals surface area contributed by atoms with Gasteiger partial charge < -0.3 is 9.75 Å². The van der Waals surface area contributed by atoms with Gasteiger partial charge in [0.25, 0.3) is 0 Å². The van der Waals surface area contributed by atoms with Crippen molar-refractivity contribution in [1.29, 1.82) is 0 Å². The molecule has 0 spiro atoms. The molecule has 100 valence electrons. The molecule has 0 saturated carbocycles. The minimum Gasteiger partial charge on any atom is -0.494 e. The highest BCUT2D eigenvalue weighted by atomic mass is 16.5. The van der Waals surface area contributed by atoms with Gasteiger partial charge in [0.15, 0.2) is 0 Å². The number of ether oxygens (including phenoxy) is 1. The normalized spacial score (nSPS) is 10.8. The lowest BCUT2D eigenvalue weighted by atomic mass is 10.2. The van der Waals surface area contributed by atoms with Crippen LogP contribution in [0.15, 0.2) is 29.4 Å². The lowest BCUT2D eigenvalue weighted by molar-refractivity contribution is 0.305. The number of benzene rings is 1. The Balaban J connectivity index is 2.39. The lowest BCUT2D eigenvalue weighted by Crippen LogP contribution is -2.02. The Labute approximate surface area is 110 Å². The molecule has 1 aromatic carbocycles. The van der Waals surface area contributed by atoms with Crippen LogP contribution in [-0.4, -0.2) is 31.9 Å². The highest BCUT2D eigenvalue weighted by Crippen LogP contribution is 2.13. The van der Waals surface area contributed by atoms with Crippen LogP contribution in [0.2, 0.25) is 0 Å². The van der Waals surface area contributed by atoms with E-state index < -0.39 is 0 Å². The fraction of sp³-hybridized carbons (Fsp3) is 0.533. The zero-order chi connectivity index (χ0) is 13.2. The van der Waals surface area contributed by atoms with Crippen molar-refractivity contribution in [3.05, 3.63) is 29.8 Å². The van der Waals surface area contributed by atoms with Crippen molar-refractivity contribution in [1.82, 2.24) is 5.01 Å².